The SMILES string of the molecule is CCNC(=NCc1cccc(C(F)(F)F)c1)NCc1ccc(CN2CCCC2=O)cc1.I. The summed E-state index contributed by atoms with van der Waals surface area (Å²) < 4.78 is 38.6. The molecule has 1 fully saturated rings. The Morgan fingerprint density at radius 1 is 1.06 bits per heavy atom. The topological polar surface area (TPSA) is 56.7 Å². The number of halogens is 4. The lowest BCUT2D eigenvalue weighted by Crippen LogP contribution is -2.36. The molecule has 9 heteroatoms. The van der Waals surface area contributed by atoms with E-state index in [1.165, 1.54) is 6.07 Å². The summed E-state index contributed by atoms with van der Waals surface area (Å²) in [5, 5.41) is 6.31. The average Bonchev–Trinajstić information content (AvgIpc) is 3.15. The predicted octanol–water partition coefficient (Wildman–Crippen LogP) is 4.70. The summed E-state index contributed by atoms with van der Waals surface area (Å²) >= 11 is 0. The number of alkyl halides is 3. The smallest absolute Gasteiger partial charge is 0.357 e. The van der Waals surface area contributed by atoms with Crippen LogP contribution in [-0.2, 0) is 30.6 Å². The third-order valence-corrected chi connectivity index (χ3v) is 5.05. The van der Waals surface area contributed by atoms with Crippen LogP contribution in [0.3, 0.4) is 0 Å². The molecule has 0 unspecified atom stereocenters. The van der Waals surface area contributed by atoms with E-state index in [1.807, 2.05) is 36.1 Å². The highest BCUT2D eigenvalue weighted by atomic mass is 127. The van der Waals surface area contributed by atoms with Crippen molar-refractivity contribution in [3.05, 3.63) is 70.8 Å². The molecule has 1 aliphatic rings. The number of aliphatic imine (C=N–C) groups is 1. The molecule has 2 aromatic rings. The number of likely N-dealkylation sites (tertiary alicyclic amines) is 1. The Bertz CT molecular complexity index is 916. The van der Waals surface area contributed by atoms with Gasteiger partial charge in [0.2, 0.25) is 5.91 Å². The summed E-state index contributed by atoms with van der Waals surface area (Å²) in [6.45, 7) is 4.68. The molecule has 0 atom stereocenters. The van der Waals surface area contributed by atoms with Gasteiger partial charge in [0.05, 0.1) is 12.1 Å². The summed E-state index contributed by atoms with van der Waals surface area (Å²) in [6.07, 6.45) is -2.81. The van der Waals surface area contributed by atoms with Crippen LogP contribution in [0.15, 0.2) is 53.5 Å². The second-order valence-electron chi connectivity index (χ2n) is 7.48. The van der Waals surface area contributed by atoms with E-state index in [0.717, 1.165) is 36.2 Å². The van der Waals surface area contributed by atoms with Crippen LogP contribution in [0, 0.1) is 0 Å². The minimum absolute atomic E-state index is 0. The zero-order valence-corrected chi connectivity index (χ0v) is 20.2. The van der Waals surface area contributed by atoms with Gasteiger partial charge >= 0.3 is 6.18 Å². The zero-order chi connectivity index (χ0) is 22.3. The highest BCUT2D eigenvalue weighted by Gasteiger charge is 2.30. The largest absolute Gasteiger partial charge is 0.416 e. The lowest BCUT2D eigenvalue weighted by atomic mass is 10.1. The first-order valence-corrected chi connectivity index (χ1v) is 10.4. The molecule has 0 aromatic heterocycles. The number of guanidine groups is 1. The van der Waals surface area contributed by atoms with Gasteiger partial charge in [-0.2, -0.15) is 13.2 Å². The van der Waals surface area contributed by atoms with Crippen LogP contribution in [-0.4, -0.2) is 29.9 Å². The van der Waals surface area contributed by atoms with Crippen molar-refractivity contribution >= 4 is 35.8 Å². The molecule has 174 valence electrons. The Balaban J connectivity index is 0.00000363. The Morgan fingerprint density at radius 2 is 1.78 bits per heavy atom. The molecule has 0 aliphatic carbocycles. The van der Waals surface area contributed by atoms with Crippen molar-refractivity contribution in [3.63, 3.8) is 0 Å². The Morgan fingerprint density at radius 3 is 2.41 bits per heavy atom. The van der Waals surface area contributed by atoms with E-state index in [9.17, 15) is 18.0 Å². The predicted molar refractivity (Wildman–Crippen MR) is 130 cm³/mol. The van der Waals surface area contributed by atoms with Gasteiger partial charge in [0.15, 0.2) is 5.96 Å². The monoisotopic (exact) mass is 560 g/mol. The Kier molecular flexibility index (Phi) is 9.80. The fourth-order valence-corrected chi connectivity index (χ4v) is 3.40. The van der Waals surface area contributed by atoms with Gasteiger partial charge in [-0.05, 0) is 42.2 Å². The number of nitrogens with zero attached hydrogens (tertiary/aromatic N) is 2. The summed E-state index contributed by atoms with van der Waals surface area (Å²) in [7, 11) is 0. The second kappa shape index (κ2) is 12.1. The Labute approximate surface area is 203 Å². The van der Waals surface area contributed by atoms with Crippen molar-refractivity contribution in [1.29, 1.82) is 0 Å². The molecule has 0 radical (unpaired) electrons. The summed E-state index contributed by atoms with van der Waals surface area (Å²) in [6, 6.07) is 13.2. The van der Waals surface area contributed by atoms with E-state index >= 15 is 0 Å². The highest BCUT2D eigenvalue weighted by Crippen LogP contribution is 2.29. The average molecular weight is 560 g/mol. The number of benzene rings is 2. The van der Waals surface area contributed by atoms with Gasteiger partial charge in [-0.3, -0.25) is 4.79 Å². The first-order valence-electron chi connectivity index (χ1n) is 10.4. The van der Waals surface area contributed by atoms with Crippen LogP contribution in [0.5, 0.6) is 0 Å². The molecule has 0 bridgehead atoms. The van der Waals surface area contributed by atoms with Crippen LogP contribution < -0.4 is 10.6 Å². The molecule has 2 N–H and O–H groups in total. The van der Waals surface area contributed by atoms with E-state index in [1.54, 1.807) is 6.07 Å². The molecule has 1 aliphatic heterocycles. The van der Waals surface area contributed by atoms with Gasteiger partial charge in [0, 0.05) is 32.6 Å². The number of hydrogen-bond acceptors (Lipinski definition) is 2. The maximum Gasteiger partial charge on any atom is 0.416 e. The summed E-state index contributed by atoms with van der Waals surface area (Å²) in [5.41, 5.74) is 1.95. The van der Waals surface area contributed by atoms with Crippen LogP contribution in [0.2, 0.25) is 0 Å². The number of hydrogen-bond donors (Lipinski definition) is 2. The maximum atomic E-state index is 12.9. The van der Waals surface area contributed by atoms with Crippen LogP contribution in [0.25, 0.3) is 0 Å². The quantitative estimate of drug-likeness (QED) is 0.294. The molecule has 5 nitrogen and oxygen atoms in total. The molecular weight excluding hydrogens is 532 g/mol. The van der Waals surface area contributed by atoms with E-state index in [0.29, 0.717) is 37.6 Å². The van der Waals surface area contributed by atoms with Crippen LogP contribution in [0.4, 0.5) is 13.2 Å². The van der Waals surface area contributed by atoms with Gasteiger partial charge in [0.25, 0.3) is 0 Å². The lowest BCUT2D eigenvalue weighted by molar-refractivity contribution is -0.137. The molecule has 1 amide bonds. The number of rotatable bonds is 7. The van der Waals surface area contributed by atoms with Crippen molar-refractivity contribution in [2.24, 2.45) is 4.99 Å². The first kappa shape index (κ1) is 26.0. The number of nitrogens with one attached hydrogen (secondary N) is 2. The minimum Gasteiger partial charge on any atom is -0.357 e. The number of carbonyl (C=O) groups excluding carboxylic acids is 1. The van der Waals surface area contributed by atoms with E-state index in [2.05, 4.69) is 15.6 Å². The second-order valence-corrected chi connectivity index (χ2v) is 7.48. The van der Waals surface area contributed by atoms with Crippen molar-refractivity contribution in [3.8, 4) is 0 Å². The molecule has 32 heavy (non-hydrogen) atoms. The molecule has 1 heterocycles. The van der Waals surface area contributed by atoms with Gasteiger partial charge in [-0.15, -0.1) is 24.0 Å². The van der Waals surface area contributed by atoms with E-state index < -0.39 is 11.7 Å². The molecule has 0 spiro atoms. The van der Waals surface area contributed by atoms with Crippen molar-refractivity contribution < 1.29 is 18.0 Å². The van der Waals surface area contributed by atoms with Crippen LogP contribution >= 0.6 is 24.0 Å². The maximum absolute atomic E-state index is 12.9. The van der Waals surface area contributed by atoms with Gasteiger partial charge in [0.1, 0.15) is 0 Å². The van der Waals surface area contributed by atoms with E-state index in [-0.39, 0.29) is 36.4 Å². The standard InChI is InChI=1S/C23H27F3N4O.HI/c1-2-27-22(29-15-19-5-3-6-20(13-19)23(24,25)26)28-14-17-8-10-18(11-9-17)16-30-12-4-7-21(30)31;/h3,5-6,8-11,13H,2,4,7,12,14-16H2,1H3,(H2,27,28,29);1H. The molecular formula is C23H28F3IN4O. The van der Waals surface area contributed by atoms with E-state index in [4.69, 9.17) is 0 Å². The summed E-state index contributed by atoms with van der Waals surface area (Å²) in [5.74, 6) is 0.740. The minimum atomic E-state index is -4.36. The number of amides is 1. The molecule has 1 saturated heterocycles. The van der Waals surface area contributed by atoms with Gasteiger partial charge in [-0.1, -0.05) is 36.4 Å². The molecule has 3 rings (SSSR count). The normalized spacial score (nSPS) is 14.3. The van der Waals surface area contributed by atoms with Crippen molar-refractivity contribution in [1.82, 2.24) is 15.5 Å². The highest BCUT2D eigenvalue weighted by molar-refractivity contribution is 14.0. The van der Waals surface area contributed by atoms with Crippen LogP contribution in [0.1, 0.15) is 42.0 Å². The Hall–Kier alpha value is -2.30. The van der Waals surface area contributed by atoms with Crippen molar-refractivity contribution in [2.45, 2.75) is 45.6 Å². The fourth-order valence-electron chi connectivity index (χ4n) is 3.40. The van der Waals surface area contributed by atoms with Gasteiger partial charge in [-0.25, -0.2) is 4.99 Å². The third-order valence-electron chi connectivity index (χ3n) is 5.05. The third kappa shape index (κ3) is 7.68. The fraction of sp³-hybridized carbons (Fsp3) is 0.391. The van der Waals surface area contributed by atoms with Gasteiger partial charge < -0.3 is 15.5 Å². The first-order chi connectivity index (χ1) is 14.8. The molecule has 2 aromatic carbocycles. The summed E-state index contributed by atoms with van der Waals surface area (Å²) in [4.78, 5) is 18.0. The number of carbonyl (C=O) groups is 1. The molecule has 0 saturated carbocycles. The lowest BCUT2D eigenvalue weighted by Gasteiger charge is -2.16. The zero-order valence-electron chi connectivity index (χ0n) is 17.9. The van der Waals surface area contributed by atoms with Crippen molar-refractivity contribution in [2.75, 3.05) is 13.1 Å².